The molecule has 0 spiro atoms. The fraction of sp³-hybridized carbons (Fsp3) is 0.556. The number of benzene rings is 1. The van der Waals surface area contributed by atoms with Crippen LogP contribution < -0.4 is 15.6 Å². The Morgan fingerprint density at radius 3 is 2.48 bits per heavy atom. The number of ether oxygens (including phenoxy) is 1. The highest BCUT2D eigenvalue weighted by Crippen LogP contribution is 2.17. The predicted molar refractivity (Wildman–Crippen MR) is 91.1 cm³/mol. The van der Waals surface area contributed by atoms with Gasteiger partial charge in [0.05, 0.1) is 0 Å². The number of hydrazine groups is 1. The number of nitrogens with one attached hydrogen (secondary N) is 2. The zero-order chi connectivity index (χ0) is 17.2. The van der Waals surface area contributed by atoms with Gasteiger partial charge in [-0.15, -0.1) is 0 Å². The molecule has 1 aromatic rings. The SMILES string of the molecule is CCCCCCC(=O)NNC(=O)C(C)Oc1ccc(C)c(C)c1. The molecule has 2 N–H and O–H groups in total. The van der Waals surface area contributed by atoms with Gasteiger partial charge in [0.1, 0.15) is 5.75 Å². The minimum atomic E-state index is -0.683. The summed E-state index contributed by atoms with van der Waals surface area (Å²) in [7, 11) is 0. The molecule has 0 aliphatic carbocycles. The van der Waals surface area contributed by atoms with Crippen LogP contribution in [0.3, 0.4) is 0 Å². The topological polar surface area (TPSA) is 67.4 Å². The molecule has 0 saturated carbocycles. The molecule has 0 aromatic heterocycles. The lowest BCUT2D eigenvalue weighted by Gasteiger charge is -2.16. The zero-order valence-electron chi connectivity index (χ0n) is 14.6. The maximum atomic E-state index is 11.9. The van der Waals surface area contributed by atoms with Crippen LogP contribution in [-0.4, -0.2) is 17.9 Å². The van der Waals surface area contributed by atoms with Crippen LogP contribution >= 0.6 is 0 Å². The lowest BCUT2D eigenvalue weighted by Crippen LogP contribution is -2.47. The number of unbranched alkanes of at least 4 members (excludes halogenated alkanes) is 3. The van der Waals surface area contributed by atoms with E-state index in [1.807, 2.05) is 32.0 Å². The quantitative estimate of drug-likeness (QED) is 0.571. The van der Waals surface area contributed by atoms with Gasteiger partial charge >= 0.3 is 0 Å². The Bertz CT molecular complexity index is 529. The van der Waals surface area contributed by atoms with E-state index in [2.05, 4.69) is 17.8 Å². The average molecular weight is 320 g/mol. The summed E-state index contributed by atoms with van der Waals surface area (Å²) >= 11 is 0. The number of hydrogen-bond acceptors (Lipinski definition) is 3. The lowest BCUT2D eigenvalue weighted by molar-refractivity contribution is -0.132. The first-order valence-electron chi connectivity index (χ1n) is 8.26. The van der Waals surface area contributed by atoms with Crippen molar-refractivity contribution in [2.24, 2.45) is 0 Å². The van der Waals surface area contributed by atoms with E-state index in [-0.39, 0.29) is 11.8 Å². The van der Waals surface area contributed by atoms with Crippen molar-refractivity contribution in [3.05, 3.63) is 29.3 Å². The molecule has 1 rings (SSSR count). The van der Waals surface area contributed by atoms with Crippen molar-refractivity contribution in [1.82, 2.24) is 10.9 Å². The molecule has 0 radical (unpaired) electrons. The summed E-state index contributed by atoms with van der Waals surface area (Å²) in [5.41, 5.74) is 7.11. The molecule has 23 heavy (non-hydrogen) atoms. The van der Waals surface area contributed by atoms with Crippen LogP contribution in [0, 0.1) is 13.8 Å². The van der Waals surface area contributed by atoms with Gasteiger partial charge in [0.15, 0.2) is 6.10 Å². The van der Waals surface area contributed by atoms with Gasteiger partial charge < -0.3 is 4.74 Å². The van der Waals surface area contributed by atoms with Crippen LogP contribution in [0.1, 0.15) is 57.1 Å². The highest BCUT2D eigenvalue weighted by atomic mass is 16.5. The third kappa shape index (κ3) is 7.17. The molecular weight excluding hydrogens is 292 g/mol. The van der Waals surface area contributed by atoms with Gasteiger partial charge in [0.25, 0.3) is 5.91 Å². The minimum absolute atomic E-state index is 0.173. The van der Waals surface area contributed by atoms with Crippen LogP contribution in [0.15, 0.2) is 18.2 Å². The third-order valence-electron chi connectivity index (χ3n) is 3.74. The molecule has 0 aliphatic rings. The minimum Gasteiger partial charge on any atom is -0.481 e. The Morgan fingerprint density at radius 1 is 1.09 bits per heavy atom. The normalized spacial score (nSPS) is 11.7. The van der Waals surface area contributed by atoms with E-state index >= 15 is 0 Å². The predicted octanol–water partition coefficient (Wildman–Crippen LogP) is 3.19. The second kappa shape index (κ2) is 9.87. The summed E-state index contributed by atoms with van der Waals surface area (Å²) in [4.78, 5) is 23.5. The number of rotatable bonds is 8. The summed E-state index contributed by atoms with van der Waals surface area (Å²) in [5, 5.41) is 0. The van der Waals surface area contributed by atoms with Crippen molar-refractivity contribution in [2.45, 2.75) is 65.9 Å². The Labute approximate surface area is 138 Å². The molecule has 1 unspecified atom stereocenters. The smallest absolute Gasteiger partial charge is 0.279 e. The number of carbonyl (C=O) groups is 2. The van der Waals surface area contributed by atoms with Gasteiger partial charge in [-0.2, -0.15) is 0 Å². The molecular formula is C18H28N2O3. The Morgan fingerprint density at radius 2 is 1.83 bits per heavy atom. The molecule has 5 nitrogen and oxygen atoms in total. The summed E-state index contributed by atoms with van der Waals surface area (Å²) in [6.45, 7) is 7.78. The molecule has 0 bridgehead atoms. The largest absolute Gasteiger partial charge is 0.481 e. The van der Waals surface area contributed by atoms with Crippen molar-refractivity contribution >= 4 is 11.8 Å². The lowest BCUT2D eigenvalue weighted by atomic mass is 10.1. The van der Waals surface area contributed by atoms with Crippen molar-refractivity contribution in [3.8, 4) is 5.75 Å². The zero-order valence-corrected chi connectivity index (χ0v) is 14.6. The van der Waals surface area contributed by atoms with E-state index in [4.69, 9.17) is 4.74 Å². The van der Waals surface area contributed by atoms with Crippen LogP contribution in [-0.2, 0) is 9.59 Å². The van der Waals surface area contributed by atoms with Gasteiger partial charge in [0, 0.05) is 6.42 Å². The second-order valence-electron chi connectivity index (χ2n) is 5.85. The van der Waals surface area contributed by atoms with Gasteiger partial charge in [-0.05, 0) is 50.5 Å². The summed E-state index contributed by atoms with van der Waals surface area (Å²) in [6, 6.07) is 5.68. The van der Waals surface area contributed by atoms with E-state index < -0.39 is 6.10 Å². The van der Waals surface area contributed by atoms with Gasteiger partial charge in [-0.3, -0.25) is 20.4 Å². The van der Waals surface area contributed by atoms with Crippen molar-refractivity contribution in [1.29, 1.82) is 0 Å². The van der Waals surface area contributed by atoms with E-state index in [0.717, 1.165) is 31.2 Å². The number of hydrogen-bond donors (Lipinski definition) is 2. The van der Waals surface area contributed by atoms with E-state index in [1.54, 1.807) is 6.92 Å². The van der Waals surface area contributed by atoms with Crippen molar-refractivity contribution in [2.75, 3.05) is 0 Å². The Balaban J connectivity index is 2.33. The second-order valence-corrected chi connectivity index (χ2v) is 5.85. The summed E-state index contributed by atoms with van der Waals surface area (Å²) in [5.74, 6) is 0.0969. The first kappa shape index (κ1) is 19.0. The third-order valence-corrected chi connectivity index (χ3v) is 3.74. The fourth-order valence-corrected chi connectivity index (χ4v) is 2.05. The maximum Gasteiger partial charge on any atom is 0.279 e. The Kier molecular flexibility index (Phi) is 8.16. The summed E-state index contributed by atoms with van der Waals surface area (Å²) < 4.78 is 5.59. The monoisotopic (exact) mass is 320 g/mol. The first-order chi connectivity index (χ1) is 10.9. The van der Waals surface area contributed by atoms with Gasteiger partial charge in [-0.1, -0.05) is 32.3 Å². The molecule has 0 aliphatic heterocycles. The van der Waals surface area contributed by atoms with Crippen LogP contribution in [0.4, 0.5) is 0 Å². The van der Waals surface area contributed by atoms with Crippen LogP contribution in [0.25, 0.3) is 0 Å². The maximum absolute atomic E-state index is 11.9. The van der Waals surface area contributed by atoms with E-state index in [0.29, 0.717) is 12.2 Å². The molecule has 5 heteroatoms. The Hall–Kier alpha value is -2.04. The molecule has 1 atom stereocenters. The summed E-state index contributed by atoms with van der Waals surface area (Å²) in [6.07, 6.45) is 3.87. The van der Waals surface area contributed by atoms with E-state index in [9.17, 15) is 9.59 Å². The van der Waals surface area contributed by atoms with Gasteiger partial charge in [0.2, 0.25) is 5.91 Å². The fourth-order valence-electron chi connectivity index (χ4n) is 2.05. The number of carbonyl (C=O) groups excluding carboxylic acids is 2. The molecule has 0 saturated heterocycles. The molecule has 1 aromatic carbocycles. The highest BCUT2D eigenvalue weighted by Gasteiger charge is 2.15. The number of aryl methyl sites for hydroxylation is 2. The van der Waals surface area contributed by atoms with Crippen molar-refractivity contribution < 1.29 is 14.3 Å². The molecule has 0 heterocycles. The number of amides is 2. The molecule has 2 amide bonds. The standard InChI is InChI=1S/C18H28N2O3/c1-5-6-7-8-9-17(21)19-20-18(22)15(4)23-16-11-10-13(2)14(3)12-16/h10-12,15H,5-9H2,1-4H3,(H,19,21)(H,20,22). The molecule has 128 valence electrons. The average Bonchev–Trinajstić information content (AvgIpc) is 2.52. The van der Waals surface area contributed by atoms with Crippen LogP contribution in [0.5, 0.6) is 5.75 Å². The van der Waals surface area contributed by atoms with E-state index in [1.165, 1.54) is 5.56 Å². The van der Waals surface area contributed by atoms with Gasteiger partial charge in [-0.25, -0.2) is 0 Å². The highest BCUT2D eigenvalue weighted by molar-refractivity contribution is 5.84. The molecule has 0 fully saturated rings. The van der Waals surface area contributed by atoms with Crippen LogP contribution in [0.2, 0.25) is 0 Å². The first-order valence-corrected chi connectivity index (χ1v) is 8.26. The van der Waals surface area contributed by atoms with Crippen molar-refractivity contribution in [3.63, 3.8) is 0 Å².